The van der Waals surface area contributed by atoms with Gasteiger partial charge in [-0.25, -0.2) is 9.78 Å². The van der Waals surface area contributed by atoms with E-state index in [9.17, 15) is 19.7 Å². The van der Waals surface area contributed by atoms with Crippen LogP contribution in [0.1, 0.15) is 63.3 Å². The Bertz CT molecular complexity index is 1410. The van der Waals surface area contributed by atoms with E-state index in [4.69, 9.17) is 14.5 Å². The standard InChI is InChI=1S/C26H27BrN4O6/c1-3-36-26(33)16(2)37-23-20(27)13-17(14-22(23)31(34)35)15-28-30-24(18-9-5-4-6-10-18)29-21-12-8-7-11-19(21)25(30)32/h7-8,11-16,18H,3-6,9-10H2,1-2H3/t16-/m1/s1. The van der Waals surface area contributed by atoms with E-state index in [2.05, 4.69) is 21.0 Å². The minimum atomic E-state index is -1.05. The molecule has 0 saturated heterocycles. The summed E-state index contributed by atoms with van der Waals surface area (Å²) >= 11 is 3.31. The zero-order chi connectivity index (χ0) is 26.5. The molecule has 0 unspecified atom stereocenters. The number of aromatic nitrogens is 2. The van der Waals surface area contributed by atoms with E-state index >= 15 is 0 Å². The lowest BCUT2D eigenvalue weighted by Gasteiger charge is -2.22. The Balaban J connectivity index is 1.74. The third-order valence-electron chi connectivity index (χ3n) is 6.23. The smallest absolute Gasteiger partial charge is 0.347 e. The number of hydrogen-bond acceptors (Lipinski definition) is 8. The summed E-state index contributed by atoms with van der Waals surface area (Å²) in [6.45, 7) is 3.28. The highest BCUT2D eigenvalue weighted by Crippen LogP contribution is 2.37. The number of para-hydroxylation sites is 1. The zero-order valence-corrected chi connectivity index (χ0v) is 22.1. The first-order valence-electron chi connectivity index (χ1n) is 12.2. The average molecular weight is 571 g/mol. The number of nitrogens with zero attached hydrogens (tertiary/aromatic N) is 4. The van der Waals surface area contributed by atoms with Crippen LogP contribution in [0, 0.1) is 10.1 Å². The molecule has 10 nitrogen and oxygen atoms in total. The molecule has 1 aromatic heterocycles. The van der Waals surface area contributed by atoms with E-state index in [0.29, 0.717) is 22.3 Å². The van der Waals surface area contributed by atoms with Gasteiger partial charge in [0.25, 0.3) is 5.56 Å². The first-order chi connectivity index (χ1) is 17.8. The van der Waals surface area contributed by atoms with Gasteiger partial charge in [-0.2, -0.15) is 9.78 Å². The number of rotatable bonds is 8. The van der Waals surface area contributed by atoms with Crippen molar-refractivity contribution in [2.24, 2.45) is 5.10 Å². The maximum absolute atomic E-state index is 13.4. The number of ether oxygens (including phenoxy) is 2. The maximum Gasteiger partial charge on any atom is 0.347 e. The van der Waals surface area contributed by atoms with Crippen LogP contribution in [-0.4, -0.2) is 39.5 Å². The Morgan fingerprint density at radius 1 is 1.30 bits per heavy atom. The van der Waals surface area contributed by atoms with Crippen molar-refractivity contribution in [1.29, 1.82) is 0 Å². The van der Waals surface area contributed by atoms with Crippen LogP contribution >= 0.6 is 15.9 Å². The molecule has 4 rings (SSSR count). The Kier molecular flexibility index (Phi) is 8.32. The number of hydrogen-bond donors (Lipinski definition) is 0. The molecule has 0 aliphatic heterocycles. The number of halogens is 1. The number of esters is 1. The molecule has 0 amide bonds. The fourth-order valence-corrected chi connectivity index (χ4v) is 4.97. The van der Waals surface area contributed by atoms with Gasteiger partial charge in [0.1, 0.15) is 5.82 Å². The highest BCUT2D eigenvalue weighted by Gasteiger charge is 2.26. The molecule has 1 fully saturated rings. The normalized spacial score (nSPS) is 15.1. The fraction of sp³-hybridized carbons (Fsp3) is 0.385. The van der Waals surface area contributed by atoms with Gasteiger partial charge in [-0.15, -0.1) is 0 Å². The minimum Gasteiger partial charge on any atom is -0.471 e. The Morgan fingerprint density at radius 3 is 2.73 bits per heavy atom. The second kappa shape index (κ2) is 11.6. The number of carbonyl (C=O) groups is 1. The average Bonchev–Trinajstić information content (AvgIpc) is 2.89. The molecule has 0 radical (unpaired) electrons. The summed E-state index contributed by atoms with van der Waals surface area (Å²) in [6.07, 6.45) is 5.45. The molecule has 3 aromatic rings. The van der Waals surface area contributed by atoms with Crippen molar-refractivity contribution >= 4 is 44.7 Å². The van der Waals surface area contributed by atoms with E-state index in [1.807, 2.05) is 12.1 Å². The molecule has 1 heterocycles. The van der Waals surface area contributed by atoms with Gasteiger partial charge in [-0.3, -0.25) is 14.9 Å². The van der Waals surface area contributed by atoms with E-state index in [-0.39, 0.29) is 34.0 Å². The number of benzene rings is 2. The van der Waals surface area contributed by atoms with Crippen molar-refractivity contribution in [1.82, 2.24) is 9.66 Å². The zero-order valence-electron chi connectivity index (χ0n) is 20.6. The molecule has 11 heteroatoms. The number of nitro groups is 1. The lowest BCUT2D eigenvalue weighted by atomic mass is 9.88. The molecule has 1 aliphatic rings. The highest BCUT2D eigenvalue weighted by atomic mass is 79.9. The van der Waals surface area contributed by atoms with Crippen LogP contribution in [0.4, 0.5) is 5.69 Å². The summed E-state index contributed by atoms with van der Waals surface area (Å²) < 4.78 is 12.1. The number of nitro benzene ring substituents is 1. The van der Waals surface area contributed by atoms with Crippen LogP contribution in [0.25, 0.3) is 10.9 Å². The van der Waals surface area contributed by atoms with Crippen LogP contribution in [-0.2, 0) is 9.53 Å². The van der Waals surface area contributed by atoms with Crippen LogP contribution < -0.4 is 10.3 Å². The molecule has 37 heavy (non-hydrogen) atoms. The molecule has 194 valence electrons. The van der Waals surface area contributed by atoms with Crippen LogP contribution in [0.15, 0.2) is 50.8 Å². The third kappa shape index (κ3) is 5.87. The summed E-state index contributed by atoms with van der Waals surface area (Å²) in [5.41, 5.74) is 0.335. The first-order valence-corrected chi connectivity index (χ1v) is 13.0. The van der Waals surface area contributed by atoms with Gasteiger partial charge in [0.15, 0.2) is 6.10 Å². The fourth-order valence-electron chi connectivity index (χ4n) is 4.41. The van der Waals surface area contributed by atoms with Crippen LogP contribution in [0.5, 0.6) is 5.75 Å². The molecule has 0 N–H and O–H groups in total. The van der Waals surface area contributed by atoms with Gasteiger partial charge in [0.05, 0.1) is 33.1 Å². The Labute approximate surface area is 221 Å². The van der Waals surface area contributed by atoms with Crippen LogP contribution in [0.3, 0.4) is 0 Å². The molecule has 1 aliphatic carbocycles. The molecule has 2 aromatic carbocycles. The minimum absolute atomic E-state index is 0.101. The molecule has 0 spiro atoms. The molecule has 0 bridgehead atoms. The summed E-state index contributed by atoms with van der Waals surface area (Å²) in [5, 5.41) is 16.7. The predicted octanol–water partition coefficient (Wildman–Crippen LogP) is 5.33. The topological polar surface area (TPSA) is 126 Å². The second-order valence-electron chi connectivity index (χ2n) is 8.80. The molecule has 1 atom stereocenters. The van der Waals surface area contributed by atoms with Crippen LogP contribution in [0.2, 0.25) is 0 Å². The SMILES string of the molecule is CCOC(=O)[C@@H](C)Oc1c(Br)cc(C=Nn2c(C3CCCCC3)nc3ccccc3c2=O)cc1[N+](=O)[O-]. The maximum atomic E-state index is 13.4. The highest BCUT2D eigenvalue weighted by molar-refractivity contribution is 9.10. The van der Waals surface area contributed by atoms with Gasteiger partial charge < -0.3 is 9.47 Å². The van der Waals surface area contributed by atoms with Gasteiger partial charge in [0.2, 0.25) is 5.75 Å². The molecular formula is C26H27BrN4O6. The van der Waals surface area contributed by atoms with Gasteiger partial charge in [-0.1, -0.05) is 31.4 Å². The predicted molar refractivity (Wildman–Crippen MR) is 142 cm³/mol. The summed E-state index contributed by atoms with van der Waals surface area (Å²) in [5.74, 6) is -0.0382. The van der Waals surface area contributed by atoms with Crippen molar-refractivity contribution < 1.29 is 19.2 Å². The van der Waals surface area contributed by atoms with Gasteiger partial charge >= 0.3 is 11.7 Å². The van der Waals surface area contributed by atoms with E-state index in [0.717, 1.165) is 32.1 Å². The second-order valence-corrected chi connectivity index (χ2v) is 9.66. The monoisotopic (exact) mass is 570 g/mol. The van der Waals surface area contributed by atoms with Crippen molar-refractivity contribution in [3.63, 3.8) is 0 Å². The summed E-state index contributed by atoms with van der Waals surface area (Å²) in [6, 6.07) is 9.99. The molecular weight excluding hydrogens is 544 g/mol. The molecule has 1 saturated carbocycles. The Morgan fingerprint density at radius 2 is 2.03 bits per heavy atom. The van der Waals surface area contributed by atoms with Gasteiger partial charge in [-0.05, 0) is 60.8 Å². The van der Waals surface area contributed by atoms with Crippen molar-refractivity contribution in [3.05, 3.63) is 72.7 Å². The lowest BCUT2D eigenvalue weighted by Crippen LogP contribution is -2.26. The van der Waals surface area contributed by atoms with E-state index in [1.54, 1.807) is 25.1 Å². The van der Waals surface area contributed by atoms with Crippen molar-refractivity contribution in [3.8, 4) is 5.75 Å². The van der Waals surface area contributed by atoms with Crippen molar-refractivity contribution in [2.45, 2.75) is 58.0 Å². The van der Waals surface area contributed by atoms with E-state index in [1.165, 1.54) is 23.9 Å². The largest absolute Gasteiger partial charge is 0.471 e. The Hall–Kier alpha value is -3.60. The van der Waals surface area contributed by atoms with E-state index < -0.39 is 17.0 Å². The lowest BCUT2D eigenvalue weighted by molar-refractivity contribution is -0.386. The first kappa shape index (κ1) is 26.5. The third-order valence-corrected chi connectivity index (χ3v) is 6.82. The quantitative estimate of drug-likeness (QED) is 0.155. The summed E-state index contributed by atoms with van der Waals surface area (Å²) in [7, 11) is 0. The number of carbonyl (C=O) groups excluding carboxylic acids is 1. The number of fused-ring (bicyclic) bond motifs is 1. The van der Waals surface area contributed by atoms with Crippen molar-refractivity contribution in [2.75, 3.05) is 6.61 Å². The van der Waals surface area contributed by atoms with Gasteiger partial charge in [0, 0.05) is 17.5 Å². The summed E-state index contributed by atoms with van der Waals surface area (Å²) in [4.78, 5) is 41.3.